The van der Waals surface area contributed by atoms with Crippen molar-refractivity contribution in [3.8, 4) is 0 Å². The molecule has 2 aromatic rings. The highest BCUT2D eigenvalue weighted by Gasteiger charge is 2.34. The van der Waals surface area contributed by atoms with Crippen LogP contribution in [0.1, 0.15) is 12.8 Å². The lowest BCUT2D eigenvalue weighted by molar-refractivity contribution is -0.126. The first-order valence-electron chi connectivity index (χ1n) is 10.9. The van der Waals surface area contributed by atoms with Gasteiger partial charge in [-0.15, -0.1) is 0 Å². The molecule has 0 bridgehead atoms. The quantitative estimate of drug-likeness (QED) is 0.718. The third-order valence-electron chi connectivity index (χ3n) is 6.01. The second-order valence-electron chi connectivity index (χ2n) is 8.05. The average Bonchev–Trinajstić information content (AvgIpc) is 3.20. The van der Waals surface area contributed by atoms with Gasteiger partial charge in [0.05, 0.1) is 5.92 Å². The number of nitrogens with one attached hydrogen (secondary N) is 1. The van der Waals surface area contributed by atoms with E-state index in [1.807, 2.05) is 30.3 Å². The summed E-state index contributed by atoms with van der Waals surface area (Å²) < 4.78 is 0. The van der Waals surface area contributed by atoms with E-state index in [1.165, 1.54) is 5.69 Å². The molecular formula is C24H30N4O2. The molecule has 2 amide bonds. The van der Waals surface area contributed by atoms with E-state index < -0.39 is 0 Å². The number of carbonyl (C=O) groups is 2. The van der Waals surface area contributed by atoms with Crippen LogP contribution in [0.5, 0.6) is 0 Å². The van der Waals surface area contributed by atoms with E-state index in [1.54, 1.807) is 4.90 Å². The maximum atomic E-state index is 12.5. The summed E-state index contributed by atoms with van der Waals surface area (Å²) in [7, 11) is 0. The monoisotopic (exact) mass is 406 g/mol. The minimum atomic E-state index is -0.257. The summed E-state index contributed by atoms with van der Waals surface area (Å²) in [6.45, 7) is 6.29. The van der Waals surface area contributed by atoms with Gasteiger partial charge in [-0.2, -0.15) is 0 Å². The van der Waals surface area contributed by atoms with Crippen molar-refractivity contribution in [3.05, 3.63) is 60.7 Å². The third-order valence-corrected chi connectivity index (χ3v) is 6.01. The van der Waals surface area contributed by atoms with Crippen LogP contribution < -0.4 is 15.1 Å². The van der Waals surface area contributed by atoms with Gasteiger partial charge in [-0.25, -0.2) is 0 Å². The average molecular weight is 407 g/mol. The lowest BCUT2D eigenvalue weighted by Crippen LogP contribution is -2.47. The van der Waals surface area contributed by atoms with Gasteiger partial charge in [-0.3, -0.25) is 14.5 Å². The van der Waals surface area contributed by atoms with Gasteiger partial charge in [0.25, 0.3) is 0 Å². The van der Waals surface area contributed by atoms with Crippen LogP contribution in [-0.2, 0) is 9.59 Å². The fourth-order valence-electron chi connectivity index (χ4n) is 4.27. The number of anilines is 2. The fourth-order valence-corrected chi connectivity index (χ4v) is 4.27. The zero-order valence-electron chi connectivity index (χ0n) is 17.4. The SMILES string of the molecule is O=C(NCCCN1CCN(c2ccccc2)CC1)[C@@H]1CC(=O)N(c2ccccc2)C1. The number of para-hydroxylation sites is 2. The van der Waals surface area contributed by atoms with Crippen LogP contribution in [0.4, 0.5) is 11.4 Å². The van der Waals surface area contributed by atoms with Crippen molar-refractivity contribution in [1.29, 1.82) is 0 Å². The zero-order chi connectivity index (χ0) is 20.8. The smallest absolute Gasteiger partial charge is 0.227 e. The van der Waals surface area contributed by atoms with Crippen molar-refractivity contribution in [2.24, 2.45) is 5.92 Å². The van der Waals surface area contributed by atoms with Crippen molar-refractivity contribution < 1.29 is 9.59 Å². The topological polar surface area (TPSA) is 55.9 Å². The molecule has 2 heterocycles. The molecule has 6 heteroatoms. The first kappa shape index (κ1) is 20.4. The first-order valence-corrected chi connectivity index (χ1v) is 10.9. The van der Waals surface area contributed by atoms with Gasteiger partial charge in [0.2, 0.25) is 11.8 Å². The molecule has 0 radical (unpaired) electrons. The van der Waals surface area contributed by atoms with E-state index in [0.717, 1.165) is 44.8 Å². The Labute approximate surface area is 178 Å². The molecule has 4 rings (SSSR count). The molecule has 2 saturated heterocycles. The molecule has 158 valence electrons. The van der Waals surface area contributed by atoms with Crippen LogP contribution in [-0.4, -0.2) is 62.5 Å². The van der Waals surface area contributed by atoms with Crippen LogP contribution in [0.3, 0.4) is 0 Å². The van der Waals surface area contributed by atoms with Crippen LogP contribution in [0, 0.1) is 5.92 Å². The number of amides is 2. The summed E-state index contributed by atoms with van der Waals surface area (Å²) in [6.07, 6.45) is 1.22. The molecule has 6 nitrogen and oxygen atoms in total. The highest BCUT2D eigenvalue weighted by Crippen LogP contribution is 2.24. The predicted molar refractivity (Wildman–Crippen MR) is 120 cm³/mol. The lowest BCUT2D eigenvalue weighted by atomic mass is 10.1. The van der Waals surface area contributed by atoms with E-state index >= 15 is 0 Å². The largest absolute Gasteiger partial charge is 0.369 e. The molecule has 1 N–H and O–H groups in total. The van der Waals surface area contributed by atoms with Gasteiger partial charge >= 0.3 is 0 Å². The Hall–Kier alpha value is -2.86. The van der Waals surface area contributed by atoms with Gasteiger partial charge in [-0.1, -0.05) is 36.4 Å². The molecule has 0 aromatic heterocycles. The van der Waals surface area contributed by atoms with Gasteiger partial charge in [-0.05, 0) is 37.2 Å². The van der Waals surface area contributed by atoms with Gasteiger partial charge in [0.15, 0.2) is 0 Å². The molecular weight excluding hydrogens is 376 g/mol. The van der Waals surface area contributed by atoms with Crippen molar-refractivity contribution in [2.45, 2.75) is 12.8 Å². The highest BCUT2D eigenvalue weighted by atomic mass is 16.2. The van der Waals surface area contributed by atoms with E-state index in [9.17, 15) is 9.59 Å². The zero-order valence-corrected chi connectivity index (χ0v) is 17.4. The molecule has 0 aliphatic carbocycles. The summed E-state index contributed by atoms with van der Waals surface area (Å²) in [5.41, 5.74) is 2.16. The predicted octanol–water partition coefficient (Wildman–Crippen LogP) is 2.37. The van der Waals surface area contributed by atoms with Crippen LogP contribution >= 0.6 is 0 Å². The third kappa shape index (κ3) is 5.00. The molecule has 2 fully saturated rings. The molecule has 30 heavy (non-hydrogen) atoms. The van der Waals surface area contributed by atoms with Crippen molar-refractivity contribution in [3.63, 3.8) is 0 Å². The normalized spacial score (nSPS) is 19.9. The maximum Gasteiger partial charge on any atom is 0.227 e. The number of benzene rings is 2. The van der Waals surface area contributed by atoms with E-state index in [-0.39, 0.29) is 17.7 Å². The van der Waals surface area contributed by atoms with Gasteiger partial charge in [0, 0.05) is 57.1 Å². The summed E-state index contributed by atoms with van der Waals surface area (Å²) in [4.78, 5) is 31.4. The number of hydrogen-bond donors (Lipinski definition) is 1. The number of hydrogen-bond acceptors (Lipinski definition) is 4. The number of carbonyl (C=O) groups excluding carboxylic acids is 2. The number of nitrogens with zero attached hydrogens (tertiary/aromatic N) is 3. The summed E-state index contributed by atoms with van der Waals surface area (Å²) >= 11 is 0. The maximum absolute atomic E-state index is 12.5. The second-order valence-corrected chi connectivity index (χ2v) is 8.05. The second kappa shape index (κ2) is 9.76. The molecule has 2 aliphatic heterocycles. The van der Waals surface area contributed by atoms with Crippen molar-refractivity contribution in [1.82, 2.24) is 10.2 Å². The summed E-state index contributed by atoms with van der Waals surface area (Å²) in [5, 5.41) is 3.04. The fraction of sp³-hybridized carbons (Fsp3) is 0.417. The van der Waals surface area contributed by atoms with Crippen LogP contribution in [0.2, 0.25) is 0 Å². The molecule has 1 atom stereocenters. The van der Waals surface area contributed by atoms with E-state index in [0.29, 0.717) is 19.5 Å². The molecule has 2 aromatic carbocycles. The van der Waals surface area contributed by atoms with Gasteiger partial charge < -0.3 is 15.1 Å². The van der Waals surface area contributed by atoms with Crippen LogP contribution in [0.25, 0.3) is 0 Å². The van der Waals surface area contributed by atoms with Crippen molar-refractivity contribution >= 4 is 23.2 Å². The van der Waals surface area contributed by atoms with Crippen LogP contribution in [0.15, 0.2) is 60.7 Å². The summed E-state index contributed by atoms with van der Waals surface area (Å²) in [6, 6.07) is 20.1. The minimum absolute atomic E-state index is 0.00400. The Balaban J connectivity index is 1.14. The number of piperazine rings is 1. The molecule has 0 spiro atoms. The summed E-state index contributed by atoms with van der Waals surface area (Å²) in [5.74, 6) is -0.236. The molecule has 0 unspecified atom stereocenters. The Kier molecular flexibility index (Phi) is 6.64. The standard InChI is InChI=1S/C24H30N4O2/c29-23-18-20(19-28(23)22-10-5-2-6-11-22)24(30)25-12-7-13-26-14-16-27(17-15-26)21-8-3-1-4-9-21/h1-6,8-11,20H,7,12-19H2,(H,25,30)/t20-/m1/s1. The minimum Gasteiger partial charge on any atom is -0.369 e. The number of rotatable bonds is 7. The van der Waals surface area contributed by atoms with Crippen molar-refractivity contribution in [2.75, 3.05) is 55.6 Å². The Morgan fingerprint density at radius 2 is 1.53 bits per heavy atom. The van der Waals surface area contributed by atoms with E-state index in [2.05, 4.69) is 45.4 Å². The van der Waals surface area contributed by atoms with E-state index in [4.69, 9.17) is 0 Å². The first-order chi connectivity index (χ1) is 14.7. The molecule has 0 saturated carbocycles. The molecule has 2 aliphatic rings. The Morgan fingerprint density at radius 3 is 2.20 bits per heavy atom. The lowest BCUT2D eigenvalue weighted by Gasteiger charge is -2.36. The Bertz CT molecular complexity index is 835. The highest BCUT2D eigenvalue weighted by molar-refractivity contribution is 6.00. The van der Waals surface area contributed by atoms with Gasteiger partial charge in [0.1, 0.15) is 0 Å². The Morgan fingerprint density at radius 1 is 0.900 bits per heavy atom.